The van der Waals surface area contributed by atoms with Crippen molar-refractivity contribution in [1.82, 2.24) is 4.90 Å². The van der Waals surface area contributed by atoms with Gasteiger partial charge in [0, 0.05) is 23.8 Å². The molecule has 1 aromatic carbocycles. The summed E-state index contributed by atoms with van der Waals surface area (Å²) in [7, 11) is 2.90. The fraction of sp³-hybridized carbons (Fsp3) is 0.545. The highest BCUT2D eigenvalue weighted by Crippen LogP contribution is 2.55. The fourth-order valence-electron chi connectivity index (χ4n) is 5.73. The van der Waals surface area contributed by atoms with Crippen molar-refractivity contribution in [1.29, 1.82) is 0 Å². The first-order valence-corrected chi connectivity index (χ1v) is 10.2. The standard InChI is InChI=1S/C22H28N2O5/c1-4-13-11-24-9-8-22(19-16(23-21(22)27)6-5-7-17(19)25)18(24)10-14(13)15(12-28-2)20(26)29-3/h5-7,12-14,18,25H,4,8-11H2,1-3H3,(H,23,27)/t13-,14-,18-,22+/m0/s1. The Morgan fingerprint density at radius 3 is 2.90 bits per heavy atom. The Morgan fingerprint density at radius 2 is 2.21 bits per heavy atom. The summed E-state index contributed by atoms with van der Waals surface area (Å²) in [5.74, 6) is -0.125. The molecule has 4 atom stereocenters. The number of hydrogen-bond donors (Lipinski definition) is 2. The molecule has 29 heavy (non-hydrogen) atoms. The lowest BCUT2D eigenvalue weighted by molar-refractivity contribution is -0.137. The van der Waals surface area contributed by atoms with E-state index in [1.807, 2.05) is 6.07 Å². The van der Waals surface area contributed by atoms with Crippen LogP contribution in [-0.2, 0) is 24.5 Å². The van der Waals surface area contributed by atoms with Gasteiger partial charge < -0.3 is 19.9 Å². The van der Waals surface area contributed by atoms with Crippen molar-refractivity contribution in [3.05, 3.63) is 35.6 Å². The van der Waals surface area contributed by atoms with E-state index >= 15 is 0 Å². The molecule has 3 aliphatic heterocycles. The van der Waals surface area contributed by atoms with E-state index in [-0.39, 0.29) is 29.5 Å². The second kappa shape index (κ2) is 7.37. The number of nitrogens with one attached hydrogen (secondary N) is 1. The van der Waals surface area contributed by atoms with Crippen molar-refractivity contribution < 1.29 is 24.2 Å². The molecule has 3 aliphatic rings. The number of phenols is 1. The van der Waals surface area contributed by atoms with E-state index in [1.165, 1.54) is 20.5 Å². The van der Waals surface area contributed by atoms with Gasteiger partial charge in [-0.3, -0.25) is 9.69 Å². The molecular formula is C22H28N2O5. The number of aromatic hydroxyl groups is 1. The number of benzene rings is 1. The van der Waals surface area contributed by atoms with Gasteiger partial charge >= 0.3 is 5.97 Å². The molecule has 0 aliphatic carbocycles. The summed E-state index contributed by atoms with van der Waals surface area (Å²) in [6.07, 6.45) is 3.67. The lowest BCUT2D eigenvalue weighted by Crippen LogP contribution is -2.53. The second-order valence-electron chi connectivity index (χ2n) is 8.20. The molecule has 0 saturated carbocycles. The lowest BCUT2D eigenvalue weighted by Gasteiger charge is -2.45. The van der Waals surface area contributed by atoms with Crippen molar-refractivity contribution >= 4 is 17.6 Å². The van der Waals surface area contributed by atoms with E-state index in [1.54, 1.807) is 12.1 Å². The molecule has 7 nitrogen and oxygen atoms in total. The minimum atomic E-state index is -0.800. The van der Waals surface area contributed by atoms with E-state index in [2.05, 4.69) is 17.1 Å². The van der Waals surface area contributed by atoms with Crippen LogP contribution in [0.3, 0.4) is 0 Å². The number of methoxy groups -OCH3 is 2. The van der Waals surface area contributed by atoms with Gasteiger partial charge in [-0.1, -0.05) is 19.4 Å². The zero-order valence-electron chi connectivity index (χ0n) is 17.1. The molecule has 1 spiro atoms. The Hall–Kier alpha value is -2.54. The smallest absolute Gasteiger partial charge is 0.337 e. The first-order chi connectivity index (χ1) is 14.0. The zero-order chi connectivity index (χ0) is 20.8. The van der Waals surface area contributed by atoms with Crippen molar-refractivity contribution in [2.45, 2.75) is 37.6 Å². The third kappa shape index (κ3) is 2.82. The number of piperidine rings is 1. The van der Waals surface area contributed by atoms with Crippen molar-refractivity contribution in [2.24, 2.45) is 11.8 Å². The zero-order valence-corrected chi connectivity index (χ0v) is 17.1. The third-order valence-corrected chi connectivity index (χ3v) is 7.05. The van der Waals surface area contributed by atoms with Gasteiger partial charge in [0.05, 0.1) is 31.5 Å². The van der Waals surface area contributed by atoms with Crippen LogP contribution in [0.25, 0.3) is 0 Å². The van der Waals surface area contributed by atoms with Gasteiger partial charge in [-0.05, 0) is 43.4 Å². The summed E-state index contributed by atoms with van der Waals surface area (Å²) in [5.41, 5.74) is 1.10. The predicted molar refractivity (Wildman–Crippen MR) is 107 cm³/mol. The molecule has 1 amide bonds. The molecule has 0 aromatic heterocycles. The second-order valence-corrected chi connectivity index (χ2v) is 8.20. The Kier molecular flexibility index (Phi) is 5.02. The van der Waals surface area contributed by atoms with Gasteiger partial charge in [0.2, 0.25) is 5.91 Å². The topological polar surface area (TPSA) is 88.1 Å². The minimum absolute atomic E-state index is 0.0643. The number of carbonyl (C=O) groups excluding carboxylic acids is 2. The largest absolute Gasteiger partial charge is 0.508 e. The molecule has 2 saturated heterocycles. The maximum absolute atomic E-state index is 13.2. The van der Waals surface area contributed by atoms with Crippen LogP contribution in [0.15, 0.2) is 30.0 Å². The average molecular weight is 400 g/mol. The van der Waals surface area contributed by atoms with Crippen molar-refractivity contribution in [3.8, 4) is 5.75 Å². The van der Waals surface area contributed by atoms with Crippen LogP contribution in [0.5, 0.6) is 5.75 Å². The highest BCUT2D eigenvalue weighted by Gasteiger charge is 2.61. The molecule has 3 heterocycles. The number of ether oxygens (including phenoxy) is 2. The van der Waals surface area contributed by atoms with Crippen LogP contribution in [0, 0.1) is 11.8 Å². The molecule has 2 fully saturated rings. The molecule has 0 unspecified atom stereocenters. The van der Waals surface area contributed by atoms with Crippen LogP contribution >= 0.6 is 0 Å². The quantitative estimate of drug-likeness (QED) is 0.458. The maximum Gasteiger partial charge on any atom is 0.337 e. The molecule has 1 aromatic rings. The number of nitrogens with zero attached hydrogens (tertiary/aromatic N) is 1. The third-order valence-electron chi connectivity index (χ3n) is 7.05. The molecule has 7 heteroatoms. The number of carbonyl (C=O) groups is 2. The molecule has 156 valence electrons. The van der Waals surface area contributed by atoms with Crippen LogP contribution < -0.4 is 5.32 Å². The summed E-state index contributed by atoms with van der Waals surface area (Å²) in [4.78, 5) is 28.1. The average Bonchev–Trinajstić information content (AvgIpc) is 3.24. The Morgan fingerprint density at radius 1 is 1.41 bits per heavy atom. The monoisotopic (exact) mass is 400 g/mol. The summed E-state index contributed by atoms with van der Waals surface area (Å²) in [5, 5.41) is 13.6. The predicted octanol–water partition coefficient (Wildman–Crippen LogP) is 2.41. The Labute approximate surface area is 170 Å². The summed E-state index contributed by atoms with van der Waals surface area (Å²) >= 11 is 0. The van der Waals surface area contributed by atoms with Gasteiger partial charge in [-0.25, -0.2) is 4.79 Å². The number of anilines is 1. The summed E-state index contributed by atoms with van der Waals surface area (Å²) in [6, 6.07) is 5.12. The molecular weight excluding hydrogens is 372 g/mol. The highest BCUT2D eigenvalue weighted by molar-refractivity contribution is 6.08. The van der Waals surface area contributed by atoms with Gasteiger partial charge in [0.1, 0.15) is 5.75 Å². The first-order valence-electron chi connectivity index (χ1n) is 10.2. The van der Waals surface area contributed by atoms with Crippen LogP contribution in [0.4, 0.5) is 5.69 Å². The van der Waals surface area contributed by atoms with E-state index in [9.17, 15) is 14.7 Å². The maximum atomic E-state index is 13.2. The van der Waals surface area contributed by atoms with E-state index in [4.69, 9.17) is 9.47 Å². The summed E-state index contributed by atoms with van der Waals surface area (Å²) < 4.78 is 10.2. The Bertz CT molecular complexity index is 867. The highest BCUT2D eigenvalue weighted by atomic mass is 16.5. The lowest BCUT2D eigenvalue weighted by atomic mass is 9.67. The molecule has 4 rings (SSSR count). The first kappa shape index (κ1) is 19.8. The number of esters is 1. The van der Waals surface area contributed by atoms with Crippen LogP contribution in [-0.4, -0.2) is 55.2 Å². The summed E-state index contributed by atoms with van der Waals surface area (Å²) in [6.45, 7) is 3.70. The minimum Gasteiger partial charge on any atom is -0.508 e. The van der Waals surface area contributed by atoms with Crippen LogP contribution in [0.2, 0.25) is 0 Å². The van der Waals surface area contributed by atoms with E-state index in [0.29, 0.717) is 29.7 Å². The number of phenolic OH excluding ortho intramolecular Hbond substituents is 1. The molecule has 0 bridgehead atoms. The van der Waals surface area contributed by atoms with Gasteiger partial charge in [0.15, 0.2) is 0 Å². The van der Waals surface area contributed by atoms with Gasteiger partial charge in [-0.15, -0.1) is 0 Å². The SMILES string of the molecule is CC[C@H]1CN2CC[C@@]3(C(=O)Nc4cccc(O)c43)[C@@H]2C[C@@H]1C(=COC)C(=O)OC. The van der Waals surface area contributed by atoms with Crippen molar-refractivity contribution in [3.63, 3.8) is 0 Å². The van der Waals surface area contributed by atoms with E-state index < -0.39 is 11.4 Å². The normalized spacial score (nSPS) is 31.3. The number of fused-ring (bicyclic) bond motifs is 4. The van der Waals surface area contributed by atoms with E-state index in [0.717, 1.165) is 19.5 Å². The van der Waals surface area contributed by atoms with Gasteiger partial charge in [0.25, 0.3) is 0 Å². The Balaban J connectivity index is 1.77. The van der Waals surface area contributed by atoms with Crippen LogP contribution in [0.1, 0.15) is 31.7 Å². The molecule has 2 N–H and O–H groups in total. The fourth-order valence-corrected chi connectivity index (χ4v) is 5.73. The molecule has 0 radical (unpaired) electrons. The number of rotatable bonds is 4. The van der Waals surface area contributed by atoms with Crippen molar-refractivity contribution in [2.75, 3.05) is 32.6 Å². The number of amides is 1. The van der Waals surface area contributed by atoms with Gasteiger partial charge in [-0.2, -0.15) is 0 Å². The number of hydrogen-bond acceptors (Lipinski definition) is 6.